The molecular weight excluding hydrogens is 186 g/mol. The Balaban J connectivity index is 2.17. The van der Waals surface area contributed by atoms with E-state index in [-0.39, 0.29) is 0 Å². The standard InChI is InChI=1S/C12H21N3/c1-9(2)12-14-6-7-15(12)11-5-3-4-10(13)8-11/h6-7,9-11H,3-5,8,13H2,1-2H3. The maximum Gasteiger partial charge on any atom is 0.111 e. The summed E-state index contributed by atoms with van der Waals surface area (Å²) in [6.07, 6.45) is 8.82. The van der Waals surface area contributed by atoms with Gasteiger partial charge in [-0.15, -0.1) is 0 Å². The van der Waals surface area contributed by atoms with E-state index in [4.69, 9.17) is 5.73 Å². The Kier molecular flexibility index (Phi) is 3.10. The van der Waals surface area contributed by atoms with Crippen molar-refractivity contribution in [2.24, 2.45) is 5.73 Å². The lowest BCUT2D eigenvalue weighted by molar-refractivity contribution is 0.312. The van der Waals surface area contributed by atoms with E-state index in [2.05, 4.69) is 29.6 Å². The number of hydrogen-bond donors (Lipinski definition) is 1. The minimum Gasteiger partial charge on any atom is -0.332 e. The van der Waals surface area contributed by atoms with Gasteiger partial charge in [0, 0.05) is 30.4 Å². The van der Waals surface area contributed by atoms with Crippen LogP contribution in [0, 0.1) is 0 Å². The molecule has 1 heterocycles. The van der Waals surface area contributed by atoms with Crippen LogP contribution in [0.2, 0.25) is 0 Å². The third-order valence-electron chi connectivity index (χ3n) is 3.30. The van der Waals surface area contributed by atoms with Crippen molar-refractivity contribution >= 4 is 0 Å². The molecule has 2 rings (SSSR count). The smallest absolute Gasteiger partial charge is 0.111 e. The van der Waals surface area contributed by atoms with Crippen LogP contribution in [0.5, 0.6) is 0 Å². The quantitative estimate of drug-likeness (QED) is 0.809. The van der Waals surface area contributed by atoms with Crippen molar-refractivity contribution < 1.29 is 0 Å². The highest BCUT2D eigenvalue weighted by Gasteiger charge is 2.22. The molecule has 15 heavy (non-hydrogen) atoms. The number of aromatic nitrogens is 2. The van der Waals surface area contributed by atoms with E-state index in [9.17, 15) is 0 Å². The van der Waals surface area contributed by atoms with Crippen LogP contribution in [0.25, 0.3) is 0 Å². The Morgan fingerprint density at radius 3 is 2.93 bits per heavy atom. The summed E-state index contributed by atoms with van der Waals surface area (Å²) >= 11 is 0. The summed E-state index contributed by atoms with van der Waals surface area (Å²) in [4.78, 5) is 4.44. The average Bonchev–Trinajstić information content (AvgIpc) is 2.65. The molecule has 1 aromatic heterocycles. The van der Waals surface area contributed by atoms with Gasteiger partial charge in [0.25, 0.3) is 0 Å². The molecule has 0 radical (unpaired) electrons. The molecule has 1 aliphatic carbocycles. The van der Waals surface area contributed by atoms with Crippen molar-refractivity contribution in [3.8, 4) is 0 Å². The molecule has 0 aromatic carbocycles. The van der Waals surface area contributed by atoms with Crippen LogP contribution in [0.15, 0.2) is 12.4 Å². The van der Waals surface area contributed by atoms with E-state index in [1.807, 2.05) is 6.20 Å². The maximum absolute atomic E-state index is 6.02. The van der Waals surface area contributed by atoms with Crippen molar-refractivity contribution in [1.82, 2.24) is 9.55 Å². The first kappa shape index (κ1) is 10.7. The molecule has 2 atom stereocenters. The zero-order valence-corrected chi connectivity index (χ0v) is 9.69. The monoisotopic (exact) mass is 207 g/mol. The van der Waals surface area contributed by atoms with Gasteiger partial charge in [0.15, 0.2) is 0 Å². The van der Waals surface area contributed by atoms with Crippen LogP contribution in [-0.4, -0.2) is 15.6 Å². The first-order valence-corrected chi connectivity index (χ1v) is 5.96. The third kappa shape index (κ3) is 2.23. The number of hydrogen-bond acceptors (Lipinski definition) is 2. The highest BCUT2D eigenvalue weighted by atomic mass is 15.1. The van der Waals surface area contributed by atoms with Crippen LogP contribution in [-0.2, 0) is 0 Å². The molecule has 1 aliphatic rings. The fraction of sp³-hybridized carbons (Fsp3) is 0.750. The summed E-state index contributed by atoms with van der Waals surface area (Å²) in [6, 6.07) is 0.958. The van der Waals surface area contributed by atoms with E-state index in [1.54, 1.807) is 0 Å². The maximum atomic E-state index is 6.02. The van der Waals surface area contributed by atoms with Crippen LogP contribution < -0.4 is 5.73 Å². The third-order valence-corrected chi connectivity index (χ3v) is 3.30. The van der Waals surface area contributed by atoms with Crippen molar-refractivity contribution in [2.75, 3.05) is 0 Å². The molecule has 1 aromatic rings. The summed E-state index contributed by atoms with van der Waals surface area (Å²) in [7, 11) is 0. The molecule has 0 saturated heterocycles. The molecule has 0 bridgehead atoms. The lowest BCUT2D eigenvalue weighted by Crippen LogP contribution is -2.29. The molecule has 0 aliphatic heterocycles. The fourth-order valence-electron chi connectivity index (χ4n) is 2.53. The van der Waals surface area contributed by atoms with Crippen LogP contribution >= 0.6 is 0 Å². The number of rotatable bonds is 2. The molecule has 1 fully saturated rings. The lowest BCUT2D eigenvalue weighted by Gasteiger charge is -2.29. The summed E-state index contributed by atoms with van der Waals surface area (Å²) in [5.41, 5.74) is 6.02. The molecular formula is C12H21N3. The van der Waals surface area contributed by atoms with Gasteiger partial charge < -0.3 is 10.3 Å². The van der Waals surface area contributed by atoms with E-state index >= 15 is 0 Å². The summed E-state index contributed by atoms with van der Waals surface area (Å²) in [5, 5.41) is 0. The minimum absolute atomic E-state index is 0.381. The van der Waals surface area contributed by atoms with Gasteiger partial charge in [-0.3, -0.25) is 0 Å². The normalized spacial score (nSPS) is 27.2. The van der Waals surface area contributed by atoms with E-state index in [1.165, 1.54) is 25.1 Å². The van der Waals surface area contributed by atoms with Gasteiger partial charge in [-0.05, 0) is 25.7 Å². The molecule has 2 unspecified atom stereocenters. The molecule has 84 valence electrons. The van der Waals surface area contributed by atoms with Crippen molar-refractivity contribution in [3.63, 3.8) is 0 Å². The summed E-state index contributed by atoms with van der Waals surface area (Å²) in [5.74, 6) is 1.70. The Bertz CT molecular complexity index is 316. The fourth-order valence-corrected chi connectivity index (χ4v) is 2.53. The van der Waals surface area contributed by atoms with Gasteiger partial charge >= 0.3 is 0 Å². The van der Waals surface area contributed by atoms with Crippen molar-refractivity contribution in [3.05, 3.63) is 18.2 Å². The predicted octanol–water partition coefficient (Wildman–Crippen LogP) is 2.45. The largest absolute Gasteiger partial charge is 0.332 e. The van der Waals surface area contributed by atoms with Gasteiger partial charge in [-0.1, -0.05) is 13.8 Å². The number of nitrogens with zero attached hydrogens (tertiary/aromatic N) is 2. The van der Waals surface area contributed by atoms with Crippen LogP contribution in [0.3, 0.4) is 0 Å². The second-order valence-corrected chi connectivity index (χ2v) is 4.93. The van der Waals surface area contributed by atoms with E-state index < -0.39 is 0 Å². The topological polar surface area (TPSA) is 43.8 Å². The zero-order valence-electron chi connectivity index (χ0n) is 9.69. The summed E-state index contributed by atoms with van der Waals surface area (Å²) < 4.78 is 2.34. The average molecular weight is 207 g/mol. The van der Waals surface area contributed by atoms with Gasteiger partial charge in [-0.25, -0.2) is 4.98 Å². The van der Waals surface area contributed by atoms with Crippen molar-refractivity contribution in [2.45, 2.75) is 57.5 Å². The number of imidazole rings is 1. The molecule has 2 N–H and O–H groups in total. The Morgan fingerprint density at radius 2 is 2.27 bits per heavy atom. The second kappa shape index (κ2) is 4.35. The first-order valence-electron chi connectivity index (χ1n) is 5.96. The Hall–Kier alpha value is -0.830. The van der Waals surface area contributed by atoms with Crippen LogP contribution in [0.4, 0.5) is 0 Å². The zero-order chi connectivity index (χ0) is 10.8. The second-order valence-electron chi connectivity index (χ2n) is 4.93. The Labute approximate surface area is 91.7 Å². The summed E-state index contributed by atoms with van der Waals surface area (Å²) in [6.45, 7) is 4.39. The van der Waals surface area contributed by atoms with Gasteiger partial charge in [0.2, 0.25) is 0 Å². The highest BCUT2D eigenvalue weighted by Crippen LogP contribution is 2.29. The Morgan fingerprint density at radius 1 is 1.47 bits per heavy atom. The molecule has 3 nitrogen and oxygen atoms in total. The molecule has 0 spiro atoms. The van der Waals surface area contributed by atoms with E-state index in [0.29, 0.717) is 18.0 Å². The van der Waals surface area contributed by atoms with Crippen LogP contribution in [0.1, 0.15) is 57.3 Å². The molecule has 3 heteroatoms. The van der Waals surface area contributed by atoms with Gasteiger partial charge in [-0.2, -0.15) is 0 Å². The van der Waals surface area contributed by atoms with Crippen molar-refractivity contribution in [1.29, 1.82) is 0 Å². The van der Waals surface area contributed by atoms with Gasteiger partial charge in [0.05, 0.1) is 0 Å². The SMILES string of the molecule is CC(C)c1nccn1C1CCCC(N)C1. The molecule has 0 amide bonds. The van der Waals surface area contributed by atoms with E-state index in [0.717, 1.165) is 6.42 Å². The lowest BCUT2D eigenvalue weighted by atomic mass is 9.91. The predicted molar refractivity (Wildman–Crippen MR) is 61.8 cm³/mol. The number of nitrogens with two attached hydrogens (primary N) is 1. The molecule has 1 saturated carbocycles. The highest BCUT2D eigenvalue weighted by molar-refractivity contribution is 5.01. The minimum atomic E-state index is 0.381. The van der Waals surface area contributed by atoms with Gasteiger partial charge in [0.1, 0.15) is 5.82 Å². The first-order chi connectivity index (χ1) is 7.18.